The van der Waals surface area contributed by atoms with Crippen LogP contribution in [0.5, 0.6) is 0 Å². The summed E-state index contributed by atoms with van der Waals surface area (Å²) in [6.07, 6.45) is 1.65. The number of carbonyl (C=O) groups is 1. The molecule has 16 heavy (non-hydrogen) atoms. The Morgan fingerprint density at radius 2 is 1.88 bits per heavy atom. The summed E-state index contributed by atoms with van der Waals surface area (Å²) in [6.45, 7) is 10.4. The molecule has 0 atom stereocenters. The summed E-state index contributed by atoms with van der Waals surface area (Å²) < 4.78 is 5.23. The fourth-order valence-corrected chi connectivity index (χ4v) is 1.96. The highest BCUT2D eigenvalue weighted by molar-refractivity contribution is 5.76. The van der Waals surface area contributed by atoms with E-state index < -0.39 is 0 Å². The van der Waals surface area contributed by atoms with Crippen molar-refractivity contribution in [2.75, 3.05) is 45.9 Å². The van der Waals surface area contributed by atoms with E-state index in [1.807, 2.05) is 4.90 Å². The Morgan fingerprint density at radius 3 is 2.44 bits per heavy atom. The zero-order chi connectivity index (χ0) is 11.8. The third-order valence-electron chi connectivity index (χ3n) is 3.12. The number of hydrogen-bond acceptors (Lipinski definition) is 3. The first-order valence-electron chi connectivity index (χ1n) is 6.35. The number of amides is 1. The number of nitrogens with zero attached hydrogens (tertiary/aromatic N) is 2. The van der Waals surface area contributed by atoms with Gasteiger partial charge < -0.3 is 14.5 Å². The predicted molar refractivity (Wildman–Crippen MR) is 64.4 cm³/mol. The molecule has 0 spiro atoms. The highest BCUT2D eigenvalue weighted by Gasteiger charge is 2.16. The summed E-state index contributed by atoms with van der Waals surface area (Å²) in [5.41, 5.74) is 0. The Kier molecular flexibility index (Phi) is 6.42. The van der Waals surface area contributed by atoms with Crippen LogP contribution in [0.15, 0.2) is 0 Å². The fraction of sp³-hybridized carbons (Fsp3) is 0.917. The lowest BCUT2D eigenvalue weighted by Crippen LogP contribution is -2.40. The number of hydrogen-bond donors (Lipinski definition) is 0. The Hall–Kier alpha value is -0.610. The van der Waals surface area contributed by atoms with E-state index in [4.69, 9.17) is 4.74 Å². The number of carbonyl (C=O) groups excluding carboxylic acids is 1. The van der Waals surface area contributed by atoms with Gasteiger partial charge in [-0.15, -0.1) is 0 Å². The van der Waals surface area contributed by atoms with Crippen molar-refractivity contribution in [3.05, 3.63) is 0 Å². The van der Waals surface area contributed by atoms with Gasteiger partial charge in [0, 0.05) is 19.5 Å². The quantitative estimate of drug-likeness (QED) is 0.679. The number of rotatable bonds is 6. The summed E-state index contributed by atoms with van der Waals surface area (Å²) in [7, 11) is 0. The maximum Gasteiger partial charge on any atom is 0.222 e. The molecule has 1 saturated heterocycles. The van der Waals surface area contributed by atoms with Gasteiger partial charge in [-0.2, -0.15) is 0 Å². The minimum atomic E-state index is 0.287. The first-order valence-corrected chi connectivity index (χ1v) is 6.35. The largest absolute Gasteiger partial charge is 0.378 e. The van der Waals surface area contributed by atoms with Gasteiger partial charge in [-0.1, -0.05) is 13.8 Å². The van der Waals surface area contributed by atoms with Crippen molar-refractivity contribution in [2.45, 2.75) is 26.7 Å². The smallest absolute Gasteiger partial charge is 0.222 e. The van der Waals surface area contributed by atoms with Crippen LogP contribution in [0.1, 0.15) is 26.7 Å². The van der Waals surface area contributed by atoms with Gasteiger partial charge in [0.1, 0.15) is 0 Å². The summed E-state index contributed by atoms with van der Waals surface area (Å²) in [5, 5.41) is 0. The highest BCUT2D eigenvalue weighted by Crippen LogP contribution is 2.03. The molecule has 1 heterocycles. The zero-order valence-electron chi connectivity index (χ0n) is 10.6. The first-order chi connectivity index (χ1) is 7.77. The average molecular weight is 228 g/mol. The Morgan fingerprint density at radius 1 is 1.25 bits per heavy atom. The van der Waals surface area contributed by atoms with Crippen molar-refractivity contribution >= 4 is 5.91 Å². The van der Waals surface area contributed by atoms with Gasteiger partial charge >= 0.3 is 0 Å². The van der Waals surface area contributed by atoms with E-state index in [0.717, 1.165) is 39.1 Å². The van der Waals surface area contributed by atoms with E-state index in [0.29, 0.717) is 19.6 Å². The predicted octanol–water partition coefficient (Wildman–Crippen LogP) is 0.967. The maximum absolute atomic E-state index is 11.8. The molecule has 0 aromatic carbocycles. The van der Waals surface area contributed by atoms with Crippen LogP contribution in [0.2, 0.25) is 0 Å². The normalized spacial score (nSPS) is 16.8. The third kappa shape index (κ3) is 4.49. The average Bonchev–Trinajstić information content (AvgIpc) is 2.35. The van der Waals surface area contributed by atoms with Gasteiger partial charge in [-0.05, 0) is 26.1 Å². The summed E-state index contributed by atoms with van der Waals surface area (Å²) in [5.74, 6) is 0.287. The molecule has 0 bridgehead atoms. The van der Waals surface area contributed by atoms with Crippen molar-refractivity contribution in [2.24, 2.45) is 0 Å². The molecule has 1 rings (SSSR count). The summed E-state index contributed by atoms with van der Waals surface area (Å²) in [6, 6.07) is 0. The molecule has 0 aromatic heterocycles. The minimum absolute atomic E-state index is 0.287. The van der Waals surface area contributed by atoms with Crippen LogP contribution < -0.4 is 0 Å². The van der Waals surface area contributed by atoms with Crippen molar-refractivity contribution in [3.63, 3.8) is 0 Å². The van der Waals surface area contributed by atoms with E-state index in [9.17, 15) is 4.79 Å². The summed E-state index contributed by atoms with van der Waals surface area (Å²) >= 11 is 0. The van der Waals surface area contributed by atoms with Crippen LogP contribution in [0.3, 0.4) is 0 Å². The van der Waals surface area contributed by atoms with Crippen LogP contribution in [0.4, 0.5) is 0 Å². The lowest BCUT2D eigenvalue weighted by molar-refractivity contribution is -0.135. The van der Waals surface area contributed by atoms with Gasteiger partial charge in [0.2, 0.25) is 5.91 Å². The molecule has 0 N–H and O–H groups in total. The van der Waals surface area contributed by atoms with Gasteiger partial charge in [0.05, 0.1) is 13.2 Å². The van der Waals surface area contributed by atoms with Crippen molar-refractivity contribution in [1.29, 1.82) is 0 Å². The Bertz CT molecular complexity index is 199. The molecule has 0 saturated carbocycles. The van der Waals surface area contributed by atoms with Crippen molar-refractivity contribution in [1.82, 2.24) is 9.80 Å². The van der Waals surface area contributed by atoms with E-state index >= 15 is 0 Å². The van der Waals surface area contributed by atoms with Crippen LogP contribution in [-0.4, -0.2) is 61.6 Å². The molecular formula is C12H24N2O2. The molecule has 0 radical (unpaired) electrons. The van der Waals surface area contributed by atoms with Crippen LogP contribution >= 0.6 is 0 Å². The standard InChI is InChI=1S/C12H24N2O2/c1-3-13(4-2)7-5-6-12(15)14-8-10-16-11-9-14/h3-11H2,1-2H3. The van der Waals surface area contributed by atoms with Crippen LogP contribution in [0, 0.1) is 0 Å². The van der Waals surface area contributed by atoms with Gasteiger partial charge in [-0.3, -0.25) is 4.79 Å². The Balaban J connectivity index is 2.13. The molecule has 94 valence electrons. The summed E-state index contributed by atoms with van der Waals surface area (Å²) in [4.78, 5) is 16.1. The first kappa shape index (κ1) is 13.5. The topological polar surface area (TPSA) is 32.8 Å². The molecule has 0 unspecified atom stereocenters. The van der Waals surface area contributed by atoms with E-state index in [-0.39, 0.29) is 5.91 Å². The molecule has 4 nitrogen and oxygen atoms in total. The maximum atomic E-state index is 11.8. The molecule has 0 aromatic rings. The molecule has 0 aliphatic carbocycles. The number of ether oxygens (including phenoxy) is 1. The lowest BCUT2D eigenvalue weighted by Gasteiger charge is -2.27. The fourth-order valence-electron chi connectivity index (χ4n) is 1.96. The van der Waals surface area contributed by atoms with Crippen LogP contribution in [0.25, 0.3) is 0 Å². The van der Waals surface area contributed by atoms with Crippen LogP contribution in [-0.2, 0) is 9.53 Å². The second kappa shape index (κ2) is 7.63. The lowest BCUT2D eigenvalue weighted by atomic mass is 10.2. The second-order valence-electron chi connectivity index (χ2n) is 4.12. The van der Waals surface area contributed by atoms with Crippen molar-refractivity contribution in [3.8, 4) is 0 Å². The van der Waals surface area contributed by atoms with E-state index in [1.54, 1.807) is 0 Å². The SMILES string of the molecule is CCN(CC)CCCC(=O)N1CCOCC1. The molecular weight excluding hydrogens is 204 g/mol. The molecule has 4 heteroatoms. The molecule has 1 fully saturated rings. The highest BCUT2D eigenvalue weighted by atomic mass is 16.5. The van der Waals surface area contributed by atoms with Gasteiger partial charge in [0.25, 0.3) is 0 Å². The van der Waals surface area contributed by atoms with E-state index in [2.05, 4.69) is 18.7 Å². The molecule has 1 aliphatic rings. The van der Waals surface area contributed by atoms with Crippen molar-refractivity contribution < 1.29 is 9.53 Å². The zero-order valence-corrected chi connectivity index (χ0v) is 10.6. The Labute approximate surface area is 98.5 Å². The molecule has 1 aliphatic heterocycles. The number of morpholine rings is 1. The second-order valence-corrected chi connectivity index (χ2v) is 4.12. The minimum Gasteiger partial charge on any atom is -0.378 e. The third-order valence-corrected chi connectivity index (χ3v) is 3.12. The molecule has 1 amide bonds. The monoisotopic (exact) mass is 228 g/mol. The van der Waals surface area contributed by atoms with E-state index in [1.165, 1.54) is 0 Å². The van der Waals surface area contributed by atoms with Gasteiger partial charge in [-0.25, -0.2) is 0 Å². The van der Waals surface area contributed by atoms with Gasteiger partial charge in [0.15, 0.2) is 0 Å².